The van der Waals surface area contributed by atoms with E-state index in [1.54, 1.807) is 7.11 Å². The van der Waals surface area contributed by atoms with Crippen molar-refractivity contribution in [2.45, 2.75) is 50.5 Å². The summed E-state index contributed by atoms with van der Waals surface area (Å²) in [7, 11) is 1.67. The quantitative estimate of drug-likeness (QED) is 0.918. The lowest BCUT2D eigenvalue weighted by molar-refractivity contribution is -0.00973. The van der Waals surface area contributed by atoms with Gasteiger partial charge >= 0.3 is 0 Å². The highest BCUT2D eigenvalue weighted by Crippen LogP contribution is 2.60. The number of hydrogen-bond acceptors (Lipinski definition) is 4. The van der Waals surface area contributed by atoms with Crippen molar-refractivity contribution in [2.75, 3.05) is 7.11 Å². The molecule has 0 amide bonds. The first-order chi connectivity index (χ1) is 9.70. The summed E-state index contributed by atoms with van der Waals surface area (Å²) in [5.41, 5.74) is 6.91. The van der Waals surface area contributed by atoms with Gasteiger partial charge in [-0.3, -0.25) is 0 Å². The molecular formula is C16H23N3O. The van der Waals surface area contributed by atoms with E-state index in [4.69, 9.17) is 20.4 Å². The molecule has 0 aliphatic heterocycles. The normalized spacial score (nSPS) is 38.2. The van der Waals surface area contributed by atoms with Crippen molar-refractivity contribution >= 4 is 0 Å². The van der Waals surface area contributed by atoms with E-state index in [1.165, 1.54) is 38.5 Å². The van der Waals surface area contributed by atoms with E-state index in [9.17, 15) is 0 Å². The Bertz CT molecular complexity index is 471. The highest BCUT2D eigenvalue weighted by molar-refractivity contribution is 5.24. The molecule has 4 heteroatoms. The molecule has 0 radical (unpaired) electrons. The van der Waals surface area contributed by atoms with Crippen LogP contribution >= 0.6 is 0 Å². The lowest BCUT2D eigenvalue weighted by atomic mass is 9.49. The predicted octanol–water partition coefficient (Wildman–Crippen LogP) is 2.41. The van der Waals surface area contributed by atoms with Crippen LogP contribution in [0, 0.1) is 17.8 Å². The number of rotatable bonds is 3. The maximum Gasteiger partial charge on any atom is 0.216 e. The molecule has 0 saturated heterocycles. The second kappa shape index (κ2) is 4.42. The number of nitrogens with two attached hydrogens (primary N) is 1. The summed E-state index contributed by atoms with van der Waals surface area (Å²) < 4.78 is 5.35. The van der Waals surface area contributed by atoms with Gasteiger partial charge in [0.05, 0.1) is 12.8 Å². The van der Waals surface area contributed by atoms with Gasteiger partial charge in [0.1, 0.15) is 5.82 Å². The molecule has 0 unspecified atom stereocenters. The van der Waals surface area contributed by atoms with Gasteiger partial charge in [-0.2, -0.15) is 4.98 Å². The van der Waals surface area contributed by atoms with Gasteiger partial charge in [-0.25, -0.2) is 4.98 Å². The van der Waals surface area contributed by atoms with E-state index < -0.39 is 0 Å². The van der Waals surface area contributed by atoms with Crippen molar-refractivity contribution in [2.24, 2.45) is 23.5 Å². The molecule has 108 valence electrons. The zero-order valence-electron chi connectivity index (χ0n) is 12.1. The fourth-order valence-corrected chi connectivity index (χ4v) is 5.30. The summed E-state index contributed by atoms with van der Waals surface area (Å²) in [5, 5.41) is 0. The van der Waals surface area contributed by atoms with Crippen LogP contribution in [0.4, 0.5) is 0 Å². The molecule has 5 rings (SSSR count). The zero-order chi connectivity index (χ0) is 13.7. The Balaban J connectivity index is 1.76. The summed E-state index contributed by atoms with van der Waals surface area (Å²) in [6.45, 7) is 0.457. The number of aromatic nitrogens is 2. The molecule has 0 atom stereocenters. The van der Waals surface area contributed by atoms with Crippen molar-refractivity contribution in [1.29, 1.82) is 0 Å². The minimum absolute atomic E-state index is 0.215. The molecule has 4 bridgehead atoms. The van der Waals surface area contributed by atoms with E-state index in [0.29, 0.717) is 12.4 Å². The van der Waals surface area contributed by atoms with Crippen LogP contribution in [0.3, 0.4) is 0 Å². The maximum absolute atomic E-state index is 5.79. The second-order valence-corrected chi connectivity index (χ2v) is 7.13. The molecule has 0 spiro atoms. The number of ether oxygens (including phenoxy) is 1. The third-order valence-corrected chi connectivity index (χ3v) is 5.69. The Morgan fingerprint density at radius 1 is 1.15 bits per heavy atom. The largest absolute Gasteiger partial charge is 0.481 e. The van der Waals surface area contributed by atoms with Gasteiger partial charge in [0.15, 0.2) is 0 Å². The van der Waals surface area contributed by atoms with E-state index in [1.807, 2.05) is 6.07 Å². The van der Waals surface area contributed by atoms with Crippen LogP contribution in [-0.4, -0.2) is 17.1 Å². The van der Waals surface area contributed by atoms with Crippen LogP contribution < -0.4 is 10.5 Å². The lowest BCUT2D eigenvalue weighted by Gasteiger charge is -2.56. The topological polar surface area (TPSA) is 61.0 Å². The molecule has 0 aromatic carbocycles. The Morgan fingerprint density at radius 2 is 1.75 bits per heavy atom. The molecule has 2 N–H and O–H groups in total. The van der Waals surface area contributed by atoms with Gasteiger partial charge < -0.3 is 10.5 Å². The van der Waals surface area contributed by atoms with Crippen molar-refractivity contribution in [3.8, 4) is 5.88 Å². The summed E-state index contributed by atoms with van der Waals surface area (Å²) >= 11 is 0. The summed E-state index contributed by atoms with van der Waals surface area (Å²) in [6.07, 6.45) is 8.13. The first kappa shape index (κ1) is 12.6. The number of methoxy groups -OCH3 is 1. The fourth-order valence-electron chi connectivity index (χ4n) is 5.30. The molecule has 20 heavy (non-hydrogen) atoms. The minimum Gasteiger partial charge on any atom is -0.481 e. The van der Waals surface area contributed by atoms with Gasteiger partial charge in [0, 0.05) is 18.0 Å². The van der Waals surface area contributed by atoms with Crippen molar-refractivity contribution in [1.82, 2.24) is 9.97 Å². The lowest BCUT2D eigenvalue weighted by Crippen LogP contribution is -2.49. The van der Waals surface area contributed by atoms with Crippen LogP contribution in [0.25, 0.3) is 0 Å². The van der Waals surface area contributed by atoms with Crippen molar-refractivity contribution < 1.29 is 4.74 Å². The Kier molecular flexibility index (Phi) is 2.78. The van der Waals surface area contributed by atoms with Gasteiger partial charge in [-0.15, -0.1) is 0 Å². The van der Waals surface area contributed by atoms with Crippen LogP contribution in [0.5, 0.6) is 5.88 Å². The highest BCUT2D eigenvalue weighted by Gasteiger charge is 2.53. The van der Waals surface area contributed by atoms with Gasteiger partial charge in [-0.1, -0.05) is 0 Å². The Labute approximate surface area is 120 Å². The van der Waals surface area contributed by atoms with Crippen molar-refractivity contribution in [3.63, 3.8) is 0 Å². The highest BCUT2D eigenvalue weighted by atomic mass is 16.5. The standard InChI is InChI=1S/C16H23N3O/c1-20-14-5-13(9-17)18-15(19-14)16-6-10-2-11(7-16)4-12(3-10)8-16/h5,10-12H,2-4,6-9,17H2,1H3. The molecular weight excluding hydrogens is 250 g/mol. The second-order valence-electron chi connectivity index (χ2n) is 7.13. The molecule has 4 nitrogen and oxygen atoms in total. The smallest absolute Gasteiger partial charge is 0.216 e. The van der Waals surface area contributed by atoms with Crippen LogP contribution in [0.2, 0.25) is 0 Å². The molecule has 1 aromatic rings. The summed E-state index contributed by atoms with van der Waals surface area (Å²) in [6, 6.07) is 1.87. The Hall–Kier alpha value is -1.16. The Morgan fingerprint density at radius 3 is 2.25 bits per heavy atom. The SMILES string of the molecule is COc1cc(CN)nc(C23CC4CC(CC(C4)C2)C3)n1. The van der Waals surface area contributed by atoms with Gasteiger partial charge in [0.2, 0.25) is 5.88 Å². The monoisotopic (exact) mass is 273 g/mol. The molecule has 4 aliphatic rings. The average molecular weight is 273 g/mol. The molecule has 1 heterocycles. The zero-order valence-corrected chi connectivity index (χ0v) is 12.1. The third kappa shape index (κ3) is 1.85. The van der Waals surface area contributed by atoms with E-state index in [0.717, 1.165) is 29.3 Å². The average Bonchev–Trinajstić information content (AvgIpc) is 2.45. The first-order valence-electron chi connectivity index (χ1n) is 7.83. The summed E-state index contributed by atoms with van der Waals surface area (Å²) in [4.78, 5) is 9.47. The van der Waals surface area contributed by atoms with E-state index >= 15 is 0 Å². The number of nitrogens with zero attached hydrogens (tertiary/aromatic N) is 2. The summed E-state index contributed by atoms with van der Waals surface area (Å²) in [5.74, 6) is 4.38. The van der Waals surface area contributed by atoms with Gasteiger partial charge in [0.25, 0.3) is 0 Å². The molecule has 4 saturated carbocycles. The maximum atomic E-state index is 5.79. The van der Waals surface area contributed by atoms with Crippen molar-refractivity contribution in [3.05, 3.63) is 17.6 Å². The molecule has 4 aliphatic carbocycles. The van der Waals surface area contributed by atoms with Crippen LogP contribution in [0.15, 0.2) is 6.07 Å². The fraction of sp³-hybridized carbons (Fsp3) is 0.750. The van der Waals surface area contributed by atoms with E-state index in [-0.39, 0.29) is 5.41 Å². The molecule has 1 aromatic heterocycles. The predicted molar refractivity (Wildman–Crippen MR) is 76.3 cm³/mol. The minimum atomic E-state index is 0.215. The number of hydrogen-bond donors (Lipinski definition) is 1. The molecule has 4 fully saturated rings. The third-order valence-electron chi connectivity index (χ3n) is 5.69. The first-order valence-corrected chi connectivity index (χ1v) is 7.83. The van der Waals surface area contributed by atoms with Crippen LogP contribution in [0.1, 0.15) is 50.0 Å². The van der Waals surface area contributed by atoms with Crippen LogP contribution in [-0.2, 0) is 12.0 Å². The van der Waals surface area contributed by atoms with E-state index in [2.05, 4.69) is 0 Å². The van der Waals surface area contributed by atoms with Gasteiger partial charge in [-0.05, 0) is 56.3 Å².